The molecule has 2 aromatic heterocycles. The van der Waals surface area contributed by atoms with Crippen molar-refractivity contribution in [3.8, 4) is 0 Å². The van der Waals surface area contributed by atoms with Gasteiger partial charge in [-0.15, -0.1) is 0 Å². The van der Waals surface area contributed by atoms with E-state index in [9.17, 15) is 4.79 Å². The lowest BCUT2D eigenvalue weighted by Gasteiger charge is -2.32. The van der Waals surface area contributed by atoms with Gasteiger partial charge in [-0.05, 0) is 25.0 Å². The lowest BCUT2D eigenvalue weighted by Crippen LogP contribution is -2.43. The summed E-state index contributed by atoms with van der Waals surface area (Å²) in [7, 11) is 1.87. The molecule has 2 aromatic rings. The van der Waals surface area contributed by atoms with E-state index in [4.69, 9.17) is 0 Å². The highest BCUT2D eigenvalue weighted by Gasteiger charge is 2.26. The van der Waals surface area contributed by atoms with Crippen molar-refractivity contribution < 1.29 is 4.79 Å². The molecule has 22 heavy (non-hydrogen) atoms. The van der Waals surface area contributed by atoms with Crippen LogP contribution < -0.4 is 10.2 Å². The minimum atomic E-state index is 0.0208. The molecule has 3 rings (SSSR count). The highest BCUT2D eigenvalue weighted by molar-refractivity contribution is 5.79. The van der Waals surface area contributed by atoms with Crippen LogP contribution in [0.5, 0.6) is 0 Å². The third kappa shape index (κ3) is 3.44. The fourth-order valence-electron chi connectivity index (χ4n) is 2.84. The second-order valence-electron chi connectivity index (χ2n) is 5.71. The molecule has 0 saturated carbocycles. The molecule has 0 aliphatic carbocycles. The van der Waals surface area contributed by atoms with Gasteiger partial charge >= 0.3 is 0 Å². The standard InChI is InChI=1S/C16H21N5O/c1-20-11-13(10-19-20)9-18-16(22)14-5-4-8-21(12-14)15-6-2-3-7-17-15/h2-3,6-7,10-11,14H,4-5,8-9,12H2,1H3,(H,18,22)/t14-/m1/s1. The third-order valence-electron chi connectivity index (χ3n) is 3.99. The first-order valence-electron chi connectivity index (χ1n) is 7.63. The van der Waals surface area contributed by atoms with Crippen molar-refractivity contribution in [1.29, 1.82) is 0 Å². The highest BCUT2D eigenvalue weighted by Crippen LogP contribution is 2.21. The van der Waals surface area contributed by atoms with Crippen molar-refractivity contribution in [2.75, 3.05) is 18.0 Å². The van der Waals surface area contributed by atoms with Crippen molar-refractivity contribution >= 4 is 11.7 Å². The Morgan fingerprint density at radius 3 is 3.09 bits per heavy atom. The minimum absolute atomic E-state index is 0.0208. The minimum Gasteiger partial charge on any atom is -0.356 e. The van der Waals surface area contributed by atoms with Crippen LogP contribution in [0, 0.1) is 5.92 Å². The fourth-order valence-corrected chi connectivity index (χ4v) is 2.84. The molecule has 116 valence electrons. The van der Waals surface area contributed by atoms with E-state index in [1.807, 2.05) is 31.4 Å². The predicted molar refractivity (Wildman–Crippen MR) is 84.2 cm³/mol. The van der Waals surface area contributed by atoms with Gasteiger partial charge in [-0.25, -0.2) is 4.98 Å². The van der Waals surface area contributed by atoms with Gasteiger partial charge in [0.15, 0.2) is 0 Å². The lowest BCUT2D eigenvalue weighted by atomic mass is 9.97. The van der Waals surface area contributed by atoms with Crippen LogP contribution in [0.25, 0.3) is 0 Å². The zero-order valence-corrected chi connectivity index (χ0v) is 12.8. The monoisotopic (exact) mass is 299 g/mol. The van der Waals surface area contributed by atoms with E-state index in [0.29, 0.717) is 6.54 Å². The maximum atomic E-state index is 12.4. The van der Waals surface area contributed by atoms with E-state index in [1.165, 1.54) is 0 Å². The largest absolute Gasteiger partial charge is 0.356 e. The first-order valence-corrected chi connectivity index (χ1v) is 7.63. The first-order chi connectivity index (χ1) is 10.7. The third-order valence-corrected chi connectivity index (χ3v) is 3.99. The molecule has 1 atom stereocenters. The van der Waals surface area contributed by atoms with Crippen molar-refractivity contribution in [3.05, 3.63) is 42.4 Å². The van der Waals surface area contributed by atoms with E-state index in [1.54, 1.807) is 17.1 Å². The molecule has 0 bridgehead atoms. The number of aryl methyl sites for hydroxylation is 1. The van der Waals surface area contributed by atoms with Gasteiger partial charge in [0, 0.05) is 44.6 Å². The van der Waals surface area contributed by atoms with Gasteiger partial charge in [-0.3, -0.25) is 9.48 Å². The predicted octanol–water partition coefficient (Wildman–Crippen LogP) is 1.35. The summed E-state index contributed by atoms with van der Waals surface area (Å²) in [5, 5.41) is 7.12. The Morgan fingerprint density at radius 1 is 1.45 bits per heavy atom. The van der Waals surface area contributed by atoms with E-state index < -0.39 is 0 Å². The lowest BCUT2D eigenvalue weighted by molar-refractivity contribution is -0.125. The molecule has 6 nitrogen and oxygen atoms in total. The molecule has 0 spiro atoms. The number of carbonyl (C=O) groups excluding carboxylic acids is 1. The number of anilines is 1. The molecule has 1 amide bonds. The Morgan fingerprint density at radius 2 is 2.36 bits per heavy atom. The summed E-state index contributed by atoms with van der Waals surface area (Å²) in [5.74, 6) is 1.09. The topological polar surface area (TPSA) is 63.1 Å². The average molecular weight is 299 g/mol. The van der Waals surface area contributed by atoms with E-state index in [0.717, 1.165) is 37.3 Å². The molecule has 0 unspecified atom stereocenters. The molecule has 1 saturated heterocycles. The number of piperidine rings is 1. The van der Waals surface area contributed by atoms with Crippen molar-refractivity contribution in [3.63, 3.8) is 0 Å². The molecule has 0 aromatic carbocycles. The number of rotatable bonds is 4. The first kappa shape index (κ1) is 14.6. The molecule has 0 radical (unpaired) electrons. The summed E-state index contributed by atoms with van der Waals surface area (Å²) in [5.41, 5.74) is 1.02. The molecule has 1 aliphatic rings. The molecular formula is C16H21N5O. The average Bonchev–Trinajstić information content (AvgIpc) is 2.99. The van der Waals surface area contributed by atoms with Crippen LogP contribution in [0.15, 0.2) is 36.8 Å². The summed E-state index contributed by atoms with van der Waals surface area (Å²) in [6.07, 6.45) is 7.44. The van der Waals surface area contributed by atoms with Crippen LogP contribution in [-0.4, -0.2) is 33.8 Å². The Kier molecular flexibility index (Phi) is 4.37. The highest BCUT2D eigenvalue weighted by atomic mass is 16.1. The van der Waals surface area contributed by atoms with E-state index >= 15 is 0 Å². The summed E-state index contributed by atoms with van der Waals surface area (Å²) in [6, 6.07) is 5.88. The van der Waals surface area contributed by atoms with Crippen LogP contribution in [0.1, 0.15) is 18.4 Å². The van der Waals surface area contributed by atoms with Crippen molar-refractivity contribution in [2.24, 2.45) is 13.0 Å². The second-order valence-corrected chi connectivity index (χ2v) is 5.71. The summed E-state index contributed by atoms with van der Waals surface area (Å²) >= 11 is 0. The van der Waals surface area contributed by atoms with Crippen molar-refractivity contribution in [2.45, 2.75) is 19.4 Å². The van der Waals surface area contributed by atoms with Gasteiger partial charge < -0.3 is 10.2 Å². The van der Waals surface area contributed by atoms with Gasteiger partial charge in [-0.2, -0.15) is 5.10 Å². The molecule has 1 N–H and O–H groups in total. The quantitative estimate of drug-likeness (QED) is 0.925. The number of amides is 1. The van der Waals surface area contributed by atoms with Gasteiger partial charge in [0.25, 0.3) is 0 Å². The number of hydrogen-bond donors (Lipinski definition) is 1. The molecule has 3 heterocycles. The fraction of sp³-hybridized carbons (Fsp3) is 0.438. The number of pyridine rings is 1. The van der Waals surface area contributed by atoms with Gasteiger partial charge in [0.1, 0.15) is 5.82 Å². The zero-order chi connectivity index (χ0) is 15.4. The Labute approximate surface area is 130 Å². The van der Waals surface area contributed by atoms with Crippen LogP contribution >= 0.6 is 0 Å². The Hall–Kier alpha value is -2.37. The molecule has 6 heteroatoms. The second kappa shape index (κ2) is 6.60. The number of aromatic nitrogens is 3. The van der Waals surface area contributed by atoms with Gasteiger partial charge in [0.05, 0.1) is 12.1 Å². The van der Waals surface area contributed by atoms with Crippen molar-refractivity contribution in [1.82, 2.24) is 20.1 Å². The van der Waals surface area contributed by atoms with Crippen LogP contribution in [0.3, 0.4) is 0 Å². The summed E-state index contributed by atoms with van der Waals surface area (Å²) in [4.78, 5) is 18.9. The number of hydrogen-bond acceptors (Lipinski definition) is 4. The van der Waals surface area contributed by atoms with Crippen LogP contribution in [0.2, 0.25) is 0 Å². The molecule has 1 aliphatic heterocycles. The van der Waals surface area contributed by atoms with Crippen LogP contribution in [0.4, 0.5) is 5.82 Å². The number of carbonyl (C=O) groups is 1. The maximum Gasteiger partial charge on any atom is 0.225 e. The molecule has 1 fully saturated rings. The Bertz CT molecular complexity index is 624. The zero-order valence-electron chi connectivity index (χ0n) is 12.8. The SMILES string of the molecule is Cn1cc(CNC(=O)[C@@H]2CCCN(c3ccccn3)C2)cn1. The van der Waals surface area contributed by atoms with Gasteiger partial charge in [0.2, 0.25) is 5.91 Å². The normalized spacial score (nSPS) is 18.2. The van der Waals surface area contributed by atoms with Crippen LogP contribution in [-0.2, 0) is 18.4 Å². The maximum absolute atomic E-state index is 12.4. The molecular weight excluding hydrogens is 278 g/mol. The number of nitrogens with one attached hydrogen (secondary N) is 1. The number of nitrogens with zero attached hydrogens (tertiary/aromatic N) is 4. The smallest absolute Gasteiger partial charge is 0.225 e. The summed E-state index contributed by atoms with van der Waals surface area (Å²) < 4.78 is 1.74. The van der Waals surface area contributed by atoms with E-state index in [-0.39, 0.29) is 11.8 Å². The Balaban J connectivity index is 1.56. The van der Waals surface area contributed by atoms with E-state index in [2.05, 4.69) is 20.3 Å². The van der Waals surface area contributed by atoms with Gasteiger partial charge in [-0.1, -0.05) is 6.07 Å². The summed E-state index contributed by atoms with van der Waals surface area (Å²) in [6.45, 7) is 2.23.